The van der Waals surface area contributed by atoms with E-state index in [9.17, 15) is 0 Å². The quantitative estimate of drug-likeness (QED) is 0.862. The third-order valence-electron chi connectivity index (χ3n) is 3.29. The summed E-state index contributed by atoms with van der Waals surface area (Å²) in [5.74, 6) is 2.28. The van der Waals surface area contributed by atoms with Crippen LogP contribution in [0.2, 0.25) is 0 Å². The van der Waals surface area contributed by atoms with E-state index >= 15 is 0 Å². The number of anilines is 1. The van der Waals surface area contributed by atoms with Gasteiger partial charge in [-0.05, 0) is 32.3 Å². The summed E-state index contributed by atoms with van der Waals surface area (Å²) in [6, 6.07) is 6.18. The third kappa shape index (κ3) is 2.88. The Balaban J connectivity index is 2.05. The second-order valence-corrected chi connectivity index (χ2v) is 4.62. The van der Waals surface area contributed by atoms with Gasteiger partial charge in [0.15, 0.2) is 0 Å². The SMILES string of the molecule is CCOc1cccc(N2CCC(C(C)N)C2)n1. The second kappa shape index (κ2) is 5.36. The number of pyridine rings is 1. The van der Waals surface area contributed by atoms with Gasteiger partial charge in [0.25, 0.3) is 0 Å². The molecule has 2 unspecified atom stereocenters. The summed E-state index contributed by atoms with van der Waals surface area (Å²) in [5, 5.41) is 0. The molecule has 2 rings (SSSR count). The van der Waals surface area contributed by atoms with E-state index in [2.05, 4.69) is 16.8 Å². The molecule has 1 aliphatic heterocycles. The van der Waals surface area contributed by atoms with E-state index in [1.165, 1.54) is 0 Å². The van der Waals surface area contributed by atoms with Crippen LogP contribution in [0.5, 0.6) is 5.88 Å². The summed E-state index contributed by atoms with van der Waals surface area (Å²) in [6.45, 7) is 6.74. The van der Waals surface area contributed by atoms with Crippen molar-refractivity contribution in [2.24, 2.45) is 11.7 Å². The van der Waals surface area contributed by atoms with Gasteiger partial charge in [-0.2, -0.15) is 4.98 Å². The summed E-state index contributed by atoms with van der Waals surface area (Å²) in [6.07, 6.45) is 1.15. The first-order chi connectivity index (χ1) is 8.20. The van der Waals surface area contributed by atoms with Crippen LogP contribution in [-0.2, 0) is 0 Å². The normalized spacial score (nSPS) is 21.6. The lowest BCUT2D eigenvalue weighted by Crippen LogP contribution is -2.30. The molecule has 0 saturated carbocycles. The fourth-order valence-corrected chi connectivity index (χ4v) is 2.23. The number of hydrogen-bond acceptors (Lipinski definition) is 4. The van der Waals surface area contributed by atoms with Gasteiger partial charge in [-0.15, -0.1) is 0 Å². The van der Waals surface area contributed by atoms with Crippen LogP contribution in [0.15, 0.2) is 18.2 Å². The molecule has 0 bridgehead atoms. The zero-order chi connectivity index (χ0) is 12.3. The molecule has 0 radical (unpaired) electrons. The Morgan fingerprint density at radius 3 is 3.06 bits per heavy atom. The van der Waals surface area contributed by atoms with Gasteiger partial charge in [-0.1, -0.05) is 6.07 Å². The van der Waals surface area contributed by atoms with Gasteiger partial charge in [0.05, 0.1) is 6.61 Å². The molecule has 0 aliphatic carbocycles. The lowest BCUT2D eigenvalue weighted by molar-refractivity contribution is 0.327. The fourth-order valence-electron chi connectivity index (χ4n) is 2.23. The molecule has 2 heterocycles. The van der Waals surface area contributed by atoms with Crippen molar-refractivity contribution in [3.8, 4) is 5.88 Å². The molecule has 2 N–H and O–H groups in total. The molecular formula is C13H21N3O. The van der Waals surface area contributed by atoms with Gasteiger partial charge >= 0.3 is 0 Å². The summed E-state index contributed by atoms with van der Waals surface area (Å²) >= 11 is 0. The van der Waals surface area contributed by atoms with Crippen molar-refractivity contribution < 1.29 is 4.74 Å². The van der Waals surface area contributed by atoms with Crippen LogP contribution in [0.1, 0.15) is 20.3 Å². The van der Waals surface area contributed by atoms with Crippen molar-refractivity contribution in [3.05, 3.63) is 18.2 Å². The highest BCUT2D eigenvalue weighted by atomic mass is 16.5. The predicted octanol–water partition coefficient (Wildman–Crippen LogP) is 1.65. The maximum absolute atomic E-state index is 5.94. The number of rotatable bonds is 4. The van der Waals surface area contributed by atoms with Gasteiger partial charge in [-0.3, -0.25) is 0 Å². The van der Waals surface area contributed by atoms with E-state index in [0.29, 0.717) is 18.4 Å². The van der Waals surface area contributed by atoms with E-state index in [1.807, 2.05) is 25.1 Å². The lowest BCUT2D eigenvalue weighted by Gasteiger charge is -2.19. The van der Waals surface area contributed by atoms with E-state index in [0.717, 1.165) is 25.3 Å². The summed E-state index contributed by atoms with van der Waals surface area (Å²) < 4.78 is 5.42. The van der Waals surface area contributed by atoms with Crippen molar-refractivity contribution in [2.75, 3.05) is 24.6 Å². The number of nitrogens with zero attached hydrogens (tertiary/aromatic N) is 2. The van der Waals surface area contributed by atoms with Gasteiger partial charge < -0.3 is 15.4 Å². The fraction of sp³-hybridized carbons (Fsp3) is 0.615. The zero-order valence-electron chi connectivity index (χ0n) is 10.6. The number of hydrogen-bond donors (Lipinski definition) is 1. The Bertz CT molecular complexity index is 367. The first-order valence-corrected chi connectivity index (χ1v) is 6.31. The maximum Gasteiger partial charge on any atom is 0.215 e. The van der Waals surface area contributed by atoms with Crippen molar-refractivity contribution >= 4 is 5.82 Å². The number of aromatic nitrogens is 1. The van der Waals surface area contributed by atoms with E-state index in [-0.39, 0.29) is 6.04 Å². The minimum atomic E-state index is 0.259. The minimum absolute atomic E-state index is 0.259. The molecule has 2 atom stereocenters. The third-order valence-corrected chi connectivity index (χ3v) is 3.29. The Hall–Kier alpha value is -1.29. The molecule has 1 fully saturated rings. The van der Waals surface area contributed by atoms with Gasteiger partial charge in [0.1, 0.15) is 5.82 Å². The van der Waals surface area contributed by atoms with Crippen LogP contribution < -0.4 is 15.4 Å². The van der Waals surface area contributed by atoms with Crippen molar-refractivity contribution in [3.63, 3.8) is 0 Å². The molecule has 1 aromatic rings. The molecule has 1 aliphatic rings. The Morgan fingerprint density at radius 2 is 2.41 bits per heavy atom. The second-order valence-electron chi connectivity index (χ2n) is 4.62. The zero-order valence-corrected chi connectivity index (χ0v) is 10.6. The van der Waals surface area contributed by atoms with Crippen LogP contribution in [0, 0.1) is 5.92 Å². The summed E-state index contributed by atoms with van der Waals surface area (Å²) in [4.78, 5) is 6.79. The largest absolute Gasteiger partial charge is 0.478 e. The molecule has 0 amide bonds. The first-order valence-electron chi connectivity index (χ1n) is 6.31. The Morgan fingerprint density at radius 1 is 1.59 bits per heavy atom. The van der Waals surface area contributed by atoms with Gasteiger partial charge in [-0.25, -0.2) is 0 Å². The van der Waals surface area contributed by atoms with Crippen LogP contribution in [0.4, 0.5) is 5.82 Å². The van der Waals surface area contributed by atoms with Crippen molar-refractivity contribution in [2.45, 2.75) is 26.3 Å². The first kappa shape index (κ1) is 12.2. The number of ether oxygens (including phenoxy) is 1. The standard InChI is InChI=1S/C13H21N3O/c1-3-17-13-6-4-5-12(15-13)16-8-7-11(9-16)10(2)14/h4-6,10-11H,3,7-9,14H2,1-2H3. The molecule has 1 aromatic heterocycles. The van der Waals surface area contributed by atoms with Gasteiger partial charge in [0.2, 0.25) is 5.88 Å². The van der Waals surface area contributed by atoms with Crippen LogP contribution >= 0.6 is 0 Å². The van der Waals surface area contributed by atoms with Crippen LogP contribution in [0.3, 0.4) is 0 Å². The van der Waals surface area contributed by atoms with Gasteiger partial charge in [0, 0.05) is 25.2 Å². The Labute approximate surface area is 103 Å². The molecule has 1 saturated heterocycles. The van der Waals surface area contributed by atoms with E-state index < -0.39 is 0 Å². The van der Waals surface area contributed by atoms with Crippen molar-refractivity contribution in [1.82, 2.24) is 4.98 Å². The van der Waals surface area contributed by atoms with E-state index in [4.69, 9.17) is 10.5 Å². The highest BCUT2D eigenvalue weighted by Gasteiger charge is 2.26. The predicted molar refractivity (Wildman–Crippen MR) is 69.4 cm³/mol. The maximum atomic E-state index is 5.94. The minimum Gasteiger partial charge on any atom is -0.478 e. The summed E-state index contributed by atoms with van der Waals surface area (Å²) in [5.41, 5.74) is 5.94. The molecule has 0 aromatic carbocycles. The molecule has 4 heteroatoms. The molecule has 94 valence electrons. The highest BCUT2D eigenvalue weighted by molar-refractivity contribution is 5.41. The average Bonchev–Trinajstić information content (AvgIpc) is 2.79. The number of nitrogens with two attached hydrogens (primary N) is 1. The smallest absolute Gasteiger partial charge is 0.215 e. The van der Waals surface area contributed by atoms with Crippen molar-refractivity contribution in [1.29, 1.82) is 0 Å². The molecule has 4 nitrogen and oxygen atoms in total. The monoisotopic (exact) mass is 235 g/mol. The highest BCUT2D eigenvalue weighted by Crippen LogP contribution is 2.25. The van der Waals surface area contributed by atoms with Crippen LogP contribution in [-0.4, -0.2) is 30.7 Å². The topological polar surface area (TPSA) is 51.4 Å². The molecular weight excluding hydrogens is 214 g/mol. The average molecular weight is 235 g/mol. The van der Waals surface area contributed by atoms with E-state index in [1.54, 1.807) is 0 Å². The molecule has 17 heavy (non-hydrogen) atoms. The lowest BCUT2D eigenvalue weighted by atomic mass is 10.0. The Kier molecular flexibility index (Phi) is 3.84. The van der Waals surface area contributed by atoms with Crippen LogP contribution in [0.25, 0.3) is 0 Å². The molecule has 0 spiro atoms. The summed E-state index contributed by atoms with van der Waals surface area (Å²) in [7, 11) is 0.